The number of anilines is 1. The molecule has 0 saturated heterocycles. The summed E-state index contributed by atoms with van der Waals surface area (Å²) in [6.45, 7) is 0. The van der Waals surface area contributed by atoms with Crippen molar-refractivity contribution in [3.8, 4) is 5.75 Å². The van der Waals surface area contributed by atoms with E-state index >= 15 is 0 Å². The van der Waals surface area contributed by atoms with Gasteiger partial charge >= 0.3 is 0 Å². The molecule has 1 saturated carbocycles. The van der Waals surface area contributed by atoms with E-state index in [4.69, 9.17) is 10.5 Å². The lowest BCUT2D eigenvalue weighted by Crippen LogP contribution is -2.04. The Morgan fingerprint density at radius 3 is 2.60 bits per heavy atom. The Bertz CT molecular complexity index is 615. The highest BCUT2D eigenvalue weighted by Crippen LogP contribution is 2.27. The predicted octanol–water partition coefficient (Wildman–Crippen LogP) is 3.24. The van der Waals surface area contributed by atoms with Crippen LogP contribution in [0, 0.1) is 0 Å². The fourth-order valence-corrected chi connectivity index (χ4v) is 2.04. The van der Waals surface area contributed by atoms with Crippen molar-refractivity contribution in [2.75, 3.05) is 5.73 Å². The summed E-state index contributed by atoms with van der Waals surface area (Å²) >= 11 is 0. The average Bonchev–Trinajstić information content (AvgIpc) is 3.25. The molecule has 1 fully saturated rings. The third-order valence-corrected chi connectivity index (χ3v) is 3.33. The molecule has 0 unspecified atom stereocenters. The topological polar surface area (TPSA) is 52.3 Å². The molecule has 0 bridgehead atoms. The third kappa shape index (κ3) is 3.18. The predicted molar refractivity (Wildman–Crippen MR) is 79.0 cm³/mol. The van der Waals surface area contributed by atoms with Crippen molar-refractivity contribution in [2.45, 2.75) is 25.4 Å². The van der Waals surface area contributed by atoms with Crippen LogP contribution in [0.25, 0.3) is 0 Å². The molecule has 1 aliphatic carbocycles. The van der Waals surface area contributed by atoms with Gasteiger partial charge in [0.05, 0.1) is 6.10 Å². The van der Waals surface area contributed by atoms with Crippen molar-refractivity contribution < 1.29 is 9.53 Å². The van der Waals surface area contributed by atoms with E-state index in [2.05, 4.69) is 0 Å². The number of nitrogen functional groups attached to an aromatic ring is 1. The van der Waals surface area contributed by atoms with Crippen molar-refractivity contribution in [3.63, 3.8) is 0 Å². The van der Waals surface area contributed by atoms with E-state index in [0.717, 1.165) is 24.2 Å². The highest BCUT2D eigenvalue weighted by molar-refractivity contribution is 5.97. The molecule has 3 rings (SSSR count). The summed E-state index contributed by atoms with van der Waals surface area (Å²) < 4.78 is 5.71. The Hall–Kier alpha value is -2.29. The number of hydrogen-bond donors (Lipinski definition) is 1. The zero-order valence-corrected chi connectivity index (χ0v) is 11.2. The average molecular weight is 267 g/mol. The molecule has 1 aliphatic rings. The van der Waals surface area contributed by atoms with Crippen molar-refractivity contribution in [1.82, 2.24) is 0 Å². The molecule has 2 aromatic carbocycles. The Morgan fingerprint density at radius 1 is 1.15 bits per heavy atom. The van der Waals surface area contributed by atoms with Crippen LogP contribution in [-0.4, -0.2) is 11.9 Å². The maximum absolute atomic E-state index is 12.3. The minimum atomic E-state index is 0.0935. The lowest BCUT2D eigenvalue weighted by molar-refractivity contribution is 0.0992. The smallest absolute Gasteiger partial charge is 0.167 e. The second-order valence-electron chi connectivity index (χ2n) is 5.19. The van der Waals surface area contributed by atoms with E-state index < -0.39 is 0 Å². The van der Waals surface area contributed by atoms with Crippen LogP contribution in [0.2, 0.25) is 0 Å². The van der Waals surface area contributed by atoms with Crippen LogP contribution >= 0.6 is 0 Å². The molecule has 0 aromatic heterocycles. The molecule has 2 aromatic rings. The molecule has 20 heavy (non-hydrogen) atoms. The van der Waals surface area contributed by atoms with E-state index in [1.54, 1.807) is 0 Å². The third-order valence-electron chi connectivity index (χ3n) is 3.33. The second-order valence-corrected chi connectivity index (χ2v) is 5.19. The van der Waals surface area contributed by atoms with Crippen molar-refractivity contribution in [1.29, 1.82) is 0 Å². The van der Waals surface area contributed by atoms with Gasteiger partial charge in [-0.2, -0.15) is 0 Å². The van der Waals surface area contributed by atoms with E-state index in [1.165, 1.54) is 0 Å². The number of benzene rings is 2. The summed E-state index contributed by atoms with van der Waals surface area (Å²) in [7, 11) is 0. The van der Waals surface area contributed by atoms with Crippen LogP contribution < -0.4 is 10.5 Å². The molecule has 0 heterocycles. The minimum absolute atomic E-state index is 0.0935. The number of ketones is 1. The zero-order chi connectivity index (χ0) is 13.9. The molecule has 0 radical (unpaired) electrons. The Morgan fingerprint density at radius 2 is 1.90 bits per heavy atom. The lowest BCUT2D eigenvalue weighted by atomic mass is 10.0. The van der Waals surface area contributed by atoms with Gasteiger partial charge in [0.1, 0.15) is 5.75 Å². The first-order chi connectivity index (χ1) is 9.70. The van der Waals surface area contributed by atoms with Crippen LogP contribution in [0.3, 0.4) is 0 Å². The van der Waals surface area contributed by atoms with Gasteiger partial charge in [0.15, 0.2) is 5.78 Å². The molecule has 3 heteroatoms. The summed E-state index contributed by atoms with van der Waals surface area (Å²) in [5, 5.41) is 0. The van der Waals surface area contributed by atoms with E-state index in [0.29, 0.717) is 23.8 Å². The fraction of sp³-hybridized carbons (Fsp3) is 0.235. The van der Waals surface area contributed by atoms with Crippen LogP contribution in [0.4, 0.5) is 5.69 Å². The molecule has 0 atom stereocenters. The van der Waals surface area contributed by atoms with E-state index in [1.807, 2.05) is 48.5 Å². The number of carbonyl (C=O) groups excluding carboxylic acids is 1. The van der Waals surface area contributed by atoms with Gasteiger partial charge in [-0.15, -0.1) is 0 Å². The Balaban J connectivity index is 1.71. The van der Waals surface area contributed by atoms with Gasteiger partial charge < -0.3 is 10.5 Å². The number of ether oxygens (including phenoxy) is 1. The number of rotatable bonds is 5. The maximum atomic E-state index is 12.3. The van der Waals surface area contributed by atoms with E-state index in [9.17, 15) is 4.79 Å². The van der Waals surface area contributed by atoms with E-state index in [-0.39, 0.29) is 5.78 Å². The van der Waals surface area contributed by atoms with Gasteiger partial charge in [0.25, 0.3) is 0 Å². The van der Waals surface area contributed by atoms with Gasteiger partial charge in [0, 0.05) is 17.7 Å². The van der Waals surface area contributed by atoms with Crippen LogP contribution in [0.15, 0.2) is 48.5 Å². The molecule has 0 spiro atoms. The SMILES string of the molecule is Nc1ccc(CC(=O)c2cccc(OC3CC3)c2)cc1. The normalized spacial score (nSPS) is 14.0. The molecular weight excluding hydrogens is 250 g/mol. The van der Waals surface area contributed by atoms with Crippen molar-refractivity contribution >= 4 is 11.5 Å². The van der Waals surface area contributed by atoms with Gasteiger partial charge in [-0.3, -0.25) is 4.79 Å². The number of carbonyl (C=O) groups is 1. The van der Waals surface area contributed by atoms with Crippen LogP contribution in [0.1, 0.15) is 28.8 Å². The molecule has 102 valence electrons. The van der Waals surface area contributed by atoms with Gasteiger partial charge in [-0.1, -0.05) is 24.3 Å². The highest BCUT2D eigenvalue weighted by Gasteiger charge is 2.23. The first kappa shape index (κ1) is 12.7. The van der Waals surface area contributed by atoms with Crippen LogP contribution in [-0.2, 0) is 6.42 Å². The number of hydrogen-bond acceptors (Lipinski definition) is 3. The number of Topliss-reactive ketones (excluding diaryl/α,β-unsaturated/α-hetero) is 1. The van der Waals surface area contributed by atoms with Gasteiger partial charge in [0.2, 0.25) is 0 Å². The standard InChI is InChI=1S/C17H17NO2/c18-14-6-4-12(5-7-14)10-17(19)13-2-1-3-16(11-13)20-15-8-9-15/h1-7,11,15H,8-10,18H2. The monoisotopic (exact) mass is 267 g/mol. The molecule has 2 N–H and O–H groups in total. The summed E-state index contributed by atoms with van der Waals surface area (Å²) in [4.78, 5) is 12.3. The summed E-state index contributed by atoms with van der Waals surface area (Å²) in [6.07, 6.45) is 2.96. The lowest BCUT2D eigenvalue weighted by Gasteiger charge is -2.07. The quantitative estimate of drug-likeness (QED) is 0.668. The summed E-state index contributed by atoms with van der Waals surface area (Å²) in [6, 6.07) is 14.8. The second kappa shape index (κ2) is 5.37. The zero-order valence-electron chi connectivity index (χ0n) is 11.2. The van der Waals surface area contributed by atoms with Crippen molar-refractivity contribution in [3.05, 3.63) is 59.7 Å². The van der Waals surface area contributed by atoms with Crippen LogP contribution in [0.5, 0.6) is 5.75 Å². The maximum Gasteiger partial charge on any atom is 0.167 e. The summed E-state index contributed by atoms with van der Waals surface area (Å²) in [5.41, 5.74) is 8.01. The molecule has 3 nitrogen and oxygen atoms in total. The summed E-state index contributed by atoms with van der Waals surface area (Å²) in [5.74, 6) is 0.881. The highest BCUT2D eigenvalue weighted by atomic mass is 16.5. The fourth-order valence-electron chi connectivity index (χ4n) is 2.04. The van der Waals surface area contributed by atoms with Crippen molar-refractivity contribution in [2.24, 2.45) is 0 Å². The molecule has 0 aliphatic heterocycles. The molecule has 0 amide bonds. The van der Waals surface area contributed by atoms with Gasteiger partial charge in [-0.05, 0) is 42.7 Å². The first-order valence-electron chi connectivity index (χ1n) is 6.85. The van der Waals surface area contributed by atoms with Gasteiger partial charge in [-0.25, -0.2) is 0 Å². The molecular formula is C17H17NO2. The minimum Gasteiger partial charge on any atom is -0.490 e. The Labute approximate surface area is 118 Å². The largest absolute Gasteiger partial charge is 0.490 e. The number of nitrogens with two attached hydrogens (primary N) is 1. The Kier molecular flexibility index (Phi) is 3.42. The first-order valence-corrected chi connectivity index (χ1v) is 6.85.